The molecule has 0 bridgehead atoms. The summed E-state index contributed by atoms with van der Waals surface area (Å²) in [5, 5.41) is 6.91. The lowest BCUT2D eigenvalue weighted by Gasteiger charge is -2.27. The van der Waals surface area contributed by atoms with Crippen LogP contribution in [-0.4, -0.2) is 49.8 Å². The molecular formula is C14H28IN3OS. The lowest BCUT2D eigenvalue weighted by Crippen LogP contribution is -2.46. The highest BCUT2D eigenvalue weighted by atomic mass is 127. The average molecular weight is 413 g/mol. The number of hydrogen-bond donors (Lipinski definition) is 2. The first-order valence-electron chi connectivity index (χ1n) is 7.22. The van der Waals surface area contributed by atoms with Gasteiger partial charge in [-0.2, -0.15) is 11.8 Å². The summed E-state index contributed by atoms with van der Waals surface area (Å²) < 4.78 is 5.85. The lowest BCUT2D eigenvalue weighted by molar-refractivity contribution is 0.160. The number of nitrogens with one attached hydrogen (secondary N) is 2. The quantitative estimate of drug-likeness (QED) is 0.422. The SMILES string of the molecule is CN=C(NCC1(C)CCOC1)NCC1(C)CCCS1.I. The molecule has 2 N–H and O–H groups in total. The Kier molecular flexibility index (Phi) is 7.41. The van der Waals surface area contributed by atoms with Gasteiger partial charge >= 0.3 is 0 Å². The van der Waals surface area contributed by atoms with Gasteiger partial charge in [-0.3, -0.25) is 4.99 Å². The summed E-state index contributed by atoms with van der Waals surface area (Å²) >= 11 is 2.07. The number of halogens is 1. The van der Waals surface area contributed by atoms with Gasteiger partial charge in [-0.15, -0.1) is 24.0 Å². The fourth-order valence-corrected chi connectivity index (χ4v) is 3.86. The van der Waals surface area contributed by atoms with Gasteiger partial charge in [-0.05, 0) is 31.9 Å². The van der Waals surface area contributed by atoms with Crippen LogP contribution in [0.1, 0.15) is 33.1 Å². The van der Waals surface area contributed by atoms with E-state index in [2.05, 4.69) is 41.2 Å². The number of thioether (sulfide) groups is 1. The Morgan fingerprint density at radius 2 is 2.00 bits per heavy atom. The van der Waals surface area contributed by atoms with Crippen molar-refractivity contribution in [3.63, 3.8) is 0 Å². The standard InChI is InChI=1S/C14H27N3OS.HI/c1-13(6-7-18-11-13)9-16-12(15-3)17-10-14(2)5-4-8-19-14;/h4-11H2,1-3H3,(H2,15,16,17);1H. The zero-order valence-electron chi connectivity index (χ0n) is 12.8. The second kappa shape index (κ2) is 8.08. The van der Waals surface area contributed by atoms with Crippen molar-refractivity contribution in [1.29, 1.82) is 0 Å². The third-order valence-corrected chi connectivity index (χ3v) is 5.68. The molecule has 0 radical (unpaired) electrons. The molecule has 0 spiro atoms. The molecular weight excluding hydrogens is 385 g/mol. The highest BCUT2D eigenvalue weighted by molar-refractivity contribution is 14.0. The second-order valence-corrected chi connectivity index (χ2v) is 7.98. The van der Waals surface area contributed by atoms with Crippen LogP contribution in [-0.2, 0) is 4.74 Å². The third-order valence-electron chi connectivity index (χ3n) is 4.14. The Labute approximate surface area is 144 Å². The van der Waals surface area contributed by atoms with Crippen LogP contribution in [0.15, 0.2) is 4.99 Å². The van der Waals surface area contributed by atoms with Gasteiger partial charge in [0.2, 0.25) is 0 Å². The van der Waals surface area contributed by atoms with E-state index in [4.69, 9.17) is 4.74 Å². The second-order valence-electron chi connectivity index (χ2n) is 6.29. The maximum Gasteiger partial charge on any atom is 0.191 e. The number of rotatable bonds is 4. The minimum atomic E-state index is 0. The van der Waals surface area contributed by atoms with Gasteiger partial charge in [0.15, 0.2) is 5.96 Å². The summed E-state index contributed by atoms with van der Waals surface area (Å²) in [5.41, 5.74) is 0.254. The Hall–Kier alpha value is 0.310. The molecule has 0 amide bonds. The van der Waals surface area contributed by atoms with E-state index in [1.165, 1.54) is 18.6 Å². The normalized spacial score (nSPS) is 33.9. The third kappa shape index (κ3) is 5.26. The van der Waals surface area contributed by atoms with Crippen LogP contribution in [0.5, 0.6) is 0 Å². The molecule has 2 heterocycles. The van der Waals surface area contributed by atoms with Crippen molar-refractivity contribution in [3.05, 3.63) is 0 Å². The van der Waals surface area contributed by atoms with Crippen molar-refractivity contribution in [2.45, 2.75) is 37.9 Å². The van der Waals surface area contributed by atoms with Gasteiger partial charge in [-0.1, -0.05) is 6.92 Å². The van der Waals surface area contributed by atoms with Crippen LogP contribution < -0.4 is 10.6 Å². The highest BCUT2D eigenvalue weighted by Gasteiger charge is 2.31. The van der Waals surface area contributed by atoms with Crippen LogP contribution in [0, 0.1) is 5.41 Å². The van der Waals surface area contributed by atoms with Crippen molar-refractivity contribution in [3.8, 4) is 0 Å². The minimum Gasteiger partial charge on any atom is -0.381 e. The number of nitrogens with zero attached hydrogens (tertiary/aromatic N) is 1. The summed E-state index contributed by atoms with van der Waals surface area (Å²) in [4.78, 5) is 4.32. The van der Waals surface area contributed by atoms with Gasteiger partial charge in [-0.25, -0.2) is 0 Å². The Morgan fingerprint density at radius 1 is 1.25 bits per heavy atom. The number of guanidine groups is 1. The fraction of sp³-hybridized carbons (Fsp3) is 0.929. The summed E-state index contributed by atoms with van der Waals surface area (Å²) in [6, 6.07) is 0. The summed E-state index contributed by atoms with van der Waals surface area (Å²) in [5.74, 6) is 2.21. The largest absolute Gasteiger partial charge is 0.381 e. The predicted molar refractivity (Wildman–Crippen MR) is 98.4 cm³/mol. The molecule has 0 aromatic rings. The van der Waals surface area contributed by atoms with Crippen LogP contribution in [0.4, 0.5) is 0 Å². The number of hydrogen-bond acceptors (Lipinski definition) is 3. The van der Waals surface area contributed by atoms with E-state index >= 15 is 0 Å². The first-order valence-corrected chi connectivity index (χ1v) is 8.20. The molecule has 2 saturated heterocycles. The van der Waals surface area contributed by atoms with Gasteiger partial charge < -0.3 is 15.4 Å². The van der Waals surface area contributed by atoms with E-state index in [0.29, 0.717) is 4.75 Å². The lowest BCUT2D eigenvalue weighted by atomic mass is 9.90. The van der Waals surface area contributed by atoms with Gasteiger partial charge in [0.05, 0.1) is 6.61 Å². The molecule has 0 aromatic carbocycles. The average Bonchev–Trinajstić information content (AvgIpc) is 3.00. The van der Waals surface area contributed by atoms with Gasteiger partial charge in [0.1, 0.15) is 0 Å². The molecule has 0 saturated carbocycles. The number of ether oxygens (including phenoxy) is 1. The van der Waals surface area contributed by atoms with Crippen LogP contribution in [0.3, 0.4) is 0 Å². The molecule has 2 aliphatic heterocycles. The Balaban J connectivity index is 0.00000200. The monoisotopic (exact) mass is 413 g/mol. The summed E-state index contributed by atoms with van der Waals surface area (Å²) in [6.07, 6.45) is 3.77. The summed E-state index contributed by atoms with van der Waals surface area (Å²) in [7, 11) is 1.84. The molecule has 20 heavy (non-hydrogen) atoms. The first kappa shape index (κ1) is 18.4. The predicted octanol–water partition coefficient (Wildman–Crippen LogP) is 2.48. The maximum absolute atomic E-state index is 5.48. The molecule has 0 aliphatic carbocycles. The van der Waals surface area contributed by atoms with Gasteiger partial charge in [0.25, 0.3) is 0 Å². The molecule has 4 nitrogen and oxygen atoms in total. The molecule has 118 valence electrons. The van der Waals surface area contributed by atoms with E-state index in [0.717, 1.165) is 38.7 Å². The maximum atomic E-state index is 5.48. The number of aliphatic imine (C=N–C) groups is 1. The van der Waals surface area contributed by atoms with Gasteiger partial charge in [0, 0.05) is 36.9 Å². The summed E-state index contributed by atoms with van der Waals surface area (Å²) in [6.45, 7) is 8.27. The van der Waals surface area contributed by atoms with E-state index in [-0.39, 0.29) is 29.4 Å². The topological polar surface area (TPSA) is 45.7 Å². The first-order chi connectivity index (χ1) is 9.05. The van der Waals surface area contributed by atoms with E-state index in [1.807, 2.05) is 7.05 Å². The molecule has 2 rings (SSSR count). The fourth-order valence-electron chi connectivity index (χ4n) is 2.61. The van der Waals surface area contributed by atoms with Crippen molar-refractivity contribution in [2.24, 2.45) is 10.4 Å². The molecule has 0 aromatic heterocycles. The smallest absolute Gasteiger partial charge is 0.191 e. The van der Waals surface area contributed by atoms with Crippen molar-refractivity contribution >= 4 is 41.7 Å². The zero-order chi connectivity index (χ0) is 13.8. The Morgan fingerprint density at radius 3 is 2.55 bits per heavy atom. The molecule has 2 unspecified atom stereocenters. The van der Waals surface area contributed by atoms with E-state index in [1.54, 1.807) is 0 Å². The van der Waals surface area contributed by atoms with Crippen LogP contribution in [0.25, 0.3) is 0 Å². The van der Waals surface area contributed by atoms with E-state index < -0.39 is 0 Å². The highest BCUT2D eigenvalue weighted by Crippen LogP contribution is 2.36. The van der Waals surface area contributed by atoms with Crippen LogP contribution in [0.2, 0.25) is 0 Å². The van der Waals surface area contributed by atoms with Crippen LogP contribution >= 0.6 is 35.7 Å². The van der Waals surface area contributed by atoms with Crippen molar-refractivity contribution in [2.75, 3.05) is 39.1 Å². The Bertz CT molecular complexity index is 298. The molecule has 2 atom stereocenters. The van der Waals surface area contributed by atoms with E-state index in [9.17, 15) is 0 Å². The molecule has 6 heteroatoms. The van der Waals surface area contributed by atoms with Crippen molar-refractivity contribution < 1.29 is 4.74 Å². The minimum absolute atomic E-state index is 0. The molecule has 2 aliphatic rings. The van der Waals surface area contributed by atoms with Crippen molar-refractivity contribution in [1.82, 2.24) is 10.6 Å². The molecule has 2 fully saturated rings. The zero-order valence-corrected chi connectivity index (χ0v) is 16.0.